The maximum atomic E-state index is 11.6. The van der Waals surface area contributed by atoms with Gasteiger partial charge < -0.3 is 15.2 Å². The number of benzene rings is 2. The predicted molar refractivity (Wildman–Crippen MR) is 86.6 cm³/mol. The Morgan fingerprint density at radius 2 is 1.95 bits per heavy atom. The zero-order valence-corrected chi connectivity index (χ0v) is 12.9. The van der Waals surface area contributed by atoms with Gasteiger partial charge in [-0.25, -0.2) is 0 Å². The maximum Gasteiger partial charge on any atom is 0.307 e. The first-order chi connectivity index (χ1) is 10.7. The molecule has 2 rings (SSSR count). The first-order valence-electron chi connectivity index (χ1n) is 7.30. The van der Waals surface area contributed by atoms with Gasteiger partial charge in [0.15, 0.2) is 0 Å². The molecule has 0 bridgehead atoms. The van der Waals surface area contributed by atoms with E-state index in [0.29, 0.717) is 6.61 Å². The van der Waals surface area contributed by atoms with Crippen LogP contribution in [0.3, 0.4) is 0 Å². The van der Waals surface area contributed by atoms with Gasteiger partial charge in [0.05, 0.1) is 20.1 Å². The molecule has 0 saturated heterocycles. The normalized spacial score (nSPS) is 11.8. The number of esters is 1. The Bertz CT molecular complexity index is 640. The van der Waals surface area contributed by atoms with Crippen LogP contribution in [-0.2, 0) is 9.53 Å². The Kier molecular flexibility index (Phi) is 5.55. The van der Waals surface area contributed by atoms with Crippen LogP contribution in [0.25, 0.3) is 11.1 Å². The number of methoxy groups -OCH3 is 1. The first kappa shape index (κ1) is 16.0. The predicted octanol–water partition coefficient (Wildman–Crippen LogP) is 3.32. The van der Waals surface area contributed by atoms with Crippen molar-refractivity contribution in [3.8, 4) is 16.9 Å². The Morgan fingerprint density at radius 1 is 1.18 bits per heavy atom. The van der Waals surface area contributed by atoms with Crippen LogP contribution >= 0.6 is 0 Å². The molecule has 0 saturated carbocycles. The summed E-state index contributed by atoms with van der Waals surface area (Å²) in [6.07, 6.45) is 0.170. The highest BCUT2D eigenvalue weighted by molar-refractivity contribution is 5.72. The standard InChI is InChI=1S/C18H21NO3/c1-3-22-18(20)12-16(19)14-8-6-7-13(11-14)15-9-4-5-10-17(15)21-2/h4-11,16H,3,12,19H2,1-2H3. The van der Waals surface area contributed by atoms with Crippen molar-refractivity contribution in [2.24, 2.45) is 5.73 Å². The minimum atomic E-state index is -0.381. The van der Waals surface area contributed by atoms with Gasteiger partial charge in [0, 0.05) is 11.6 Å². The lowest BCUT2D eigenvalue weighted by atomic mass is 9.98. The smallest absolute Gasteiger partial charge is 0.307 e. The molecule has 0 aliphatic carbocycles. The van der Waals surface area contributed by atoms with Gasteiger partial charge in [-0.1, -0.05) is 36.4 Å². The van der Waals surface area contributed by atoms with Crippen LogP contribution in [-0.4, -0.2) is 19.7 Å². The largest absolute Gasteiger partial charge is 0.496 e. The van der Waals surface area contributed by atoms with Crippen LogP contribution in [0.5, 0.6) is 5.75 Å². The fraction of sp³-hybridized carbons (Fsp3) is 0.278. The fourth-order valence-electron chi connectivity index (χ4n) is 2.34. The van der Waals surface area contributed by atoms with Crippen molar-refractivity contribution in [2.75, 3.05) is 13.7 Å². The third-order valence-corrected chi connectivity index (χ3v) is 3.42. The molecule has 0 aromatic heterocycles. The van der Waals surface area contributed by atoms with Crippen LogP contribution in [0.1, 0.15) is 24.9 Å². The summed E-state index contributed by atoms with van der Waals surface area (Å²) >= 11 is 0. The van der Waals surface area contributed by atoms with Crippen LogP contribution in [0.2, 0.25) is 0 Å². The monoisotopic (exact) mass is 299 g/mol. The third kappa shape index (κ3) is 3.86. The summed E-state index contributed by atoms with van der Waals surface area (Å²) in [5, 5.41) is 0. The lowest BCUT2D eigenvalue weighted by Crippen LogP contribution is -2.17. The van der Waals surface area contributed by atoms with E-state index in [-0.39, 0.29) is 18.4 Å². The number of rotatable bonds is 6. The SMILES string of the molecule is CCOC(=O)CC(N)c1cccc(-c2ccccc2OC)c1. The van der Waals surface area contributed by atoms with Crippen molar-refractivity contribution in [2.45, 2.75) is 19.4 Å². The van der Waals surface area contributed by atoms with Gasteiger partial charge >= 0.3 is 5.97 Å². The van der Waals surface area contributed by atoms with Crippen molar-refractivity contribution >= 4 is 5.97 Å². The minimum Gasteiger partial charge on any atom is -0.496 e. The molecular weight excluding hydrogens is 278 g/mol. The molecule has 2 N–H and O–H groups in total. The van der Waals surface area contributed by atoms with Gasteiger partial charge in [-0.15, -0.1) is 0 Å². The second kappa shape index (κ2) is 7.61. The number of carbonyl (C=O) groups is 1. The van der Waals surface area contributed by atoms with E-state index in [2.05, 4.69) is 0 Å². The second-order valence-electron chi connectivity index (χ2n) is 4.94. The summed E-state index contributed by atoms with van der Waals surface area (Å²) in [4.78, 5) is 11.6. The molecule has 0 radical (unpaired) electrons. The lowest BCUT2D eigenvalue weighted by molar-refractivity contribution is -0.143. The number of hydrogen-bond donors (Lipinski definition) is 1. The fourth-order valence-corrected chi connectivity index (χ4v) is 2.34. The Balaban J connectivity index is 2.24. The van der Waals surface area contributed by atoms with Gasteiger partial charge in [0.2, 0.25) is 0 Å². The van der Waals surface area contributed by atoms with E-state index >= 15 is 0 Å². The van der Waals surface area contributed by atoms with Crippen LogP contribution in [0, 0.1) is 0 Å². The van der Waals surface area contributed by atoms with Gasteiger partial charge in [-0.3, -0.25) is 4.79 Å². The van der Waals surface area contributed by atoms with Gasteiger partial charge in [0.1, 0.15) is 5.75 Å². The molecule has 2 aromatic carbocycles. The van der Waals surface area contributed by atoms with Gasteiger partial charge in [0.25, 0.3) is 0 Å². The Labute approximate surface area is 130 Å². The summed E-state index contributed by atoms with van der Waals surface area (Å²) < 4.78 is 10.3. The molecule has 2 aromatic rings. The number of para-hydroxylation sites is 1. The van der Waals surface area contributed by atoms with E-state index in [1.165, 1.54) is 0 Å². The van der Waals surface area contributed by atoms with Crippen LogP contribution in [0.4, 0.5) is 0 Å². The Morgan fingerprint density at radius 3 is 2.68 bits per heavy atom. The van der Waals surface area contributed by atoms with Crippen LogP contribution in [0.15, 0.2) is 48.5 Å². The zero-order chi connectivity index (χ0) is 15.9. The van der Waals surface area contributed by atoms with Crippen molar-refractivity contribution in [3.63, 3.8) is 0 Å². The highest BCUT2D eigenvalue weighted by Gasteiger charge is 2.14. The van der Waals surface area contributed by atoms with E-state index in [4.69, 9.17) is 15.2 Å². The summed E-state index contributed by atoms with van der Waals surface area (Å²) in [6.45, 7) is 2.15. The van der Waals surface area contributed by atoms with Crippen LogP contribution < -0.4 is 10.5 Å². The molecule has 1 atom stereocenters. The summed E-state index contributed by atoms with van der Waals surface area (Å²) in [5.74, 6) is 0.524. The zero-order valence-electron chi connectivity index (χ0n) is 12.9. The highest BCUT2D eigenvalue weighted by Crippen LogP contribution is 2.31. The number of carbonyl (C=O) groups excluding carboxylic acids is 1. The van der Waals surface area contributed by atoms with E-state index < -0.39 is 0 Å². The molecule has 0 aliphatic heterocycles. The topological polar surface area (TPSA) is 61.5 Å². The molecule has 116 valence electrons. The number of ether oxygens (including phenoxy) is 2. The molecule has 4 heteroatoms. The molecule has 4 nitrogen and oxygen atoms in total. The summed E-state index contributed by atoms with van der Waals surface area (Å²) in [6, 6.07) is 15.3. The van der Waals surface area contributed by atoms with E-state index in [9.17, 15) is 4.79 Å². The minimum absolute atomic E-state index is 0.170. The van der Waals surface area contributed by atoms with Crippen molar-refractivity contribution in [3.05, 3.63) is 54.1 Å². The van der Waals surface area contributed by atoms with Gasteiger partial charge in [-0.05, 0) is 30.2 Å². The molecular formula is C18H21NO3. The molecule has 0 amide bonds. The molecule has 0 fully saturated rings. The van der Waals surface area contributed by atoms with Crippen molar-refractivity contribution < 1.29 is 14.3 Å². The molecule has 1 unspecified atom stereocenters. The lowest BCUT2D eigenvalue weighted by Gasteiger charge is -2.14. The average Bonchev–Trinajstić information content (AvgIpc) is 2.55. The molecule has 0 aliphatic rings. The average molecular weight is 299 g/mol. The molecule has 0 spiro atoms. The maximum absolute atomic E-state index is 11.6. The quantitative estimate of drug-likeness (QED) is 0.831. The van der Waals surface area contributed by atoms with E-state index in [0.717, 1.165) is 22.4 Å². The van der Waals surface area contributed by atoms with Crippen molar-refractivity contribution in [1.29, 1.82) is 0 Å². The van der Waals surface area contributed by atoms with Gasteiger partial charge in [-0.2, -0.15) is 0 Å². The third-order valence-electron chi connectivity index (χ3n) is 3.42. The molecule has 0 heterocycles. The number of nitrogens with two attached hydrogens (primary N) is 1. The van der Waals surface area contributed by atoms with E-state index in [1.54, 1.807) is 14.0 Å². The molecule has 22 heavy (non-hydrogen) atoms. The summed E-state index contributed by atoms with van der Waals surface area (Å²) in [7, 11) is 1.65. The first-order valence-corrected chi connectivity index (χ1v) is 7.30. The highest BCUT2D eigenvalue weighted by atomic mass is 16.5. The second-order valence-corrected chi connectivity index (χ2v) is 4.94. The number of hydrogen-bond acceptors (Lipinski definition) is 4. The van der Waals surface area contributed by atoms with Crippen molar-refractivity contribution in [1.82, 2.24) is 0 Å². The Hall–Kier alpha value is -2.33. The summed E-state index contributed by atoms with van der Waals surface area (Å²) in [5.41, 5.74) is 9.02. The van der Waals surface area contributed by atoms with E-state index in [1.807, 2.05) is 48.5 Å².